The van der Waals surface area contributed by atoms with Crippen molar-refractivity contribution < 1.29 is 4.79 Å². The summed E-state index contributed by atoms with van der Waals surface area (Å²) >= 11 is 0. The molecule has 4 aromatic rings. The molecule has 196 valence electrons. The zero-order valence-corrected chi connectivity index (χ0v) is 21.9. The van der Waals surface area contributed by atoms with E-state index in [1.807, 2.05) is 85.0 Å². The molecule has 0 saturated heterocycles. The van der Waals surface area contributed by atoms with Crippen LogP contribution >= 0.6 is 0 Å². The molecule has 8 heteroatoms. The minimum absolute atomic E-state index is 0.0826. The van der Waals surface area contributed by atoms with Crippen LogP contribution in [0.4, 0.5) is 16.3 Å². The van der Waals surface area contributed by atoms with E-state index >= 15 is 0 Å². The predicted octanol–water partition coefficient (Wildman–Crippen LogP) is 6.03. The second kappa shape index (κ2) is 12.2. The van der Waals surface area contributed by atoms with E-state index < -0.39 is 0 Å². The number of aliphatic imine (C=N–C) groups is 1. The van der Waals surface area contributed by atoms with Gasteiger partial charge in [-0.3, -0.25) is 9.58 Å². The van der Waals surface area contributed by atoms with Crippen LogP contribution in [-0.2, 0) is 13.6 Å². The molecule has 1 aliphatic rings. The van der Waals surface area contributed by atoms with Crippen molar-refractivity contribution in [1.82, 2.24) is 20.1 Å². The molecule has 2 amide bonds. The molecule has 0 unspecified atom stereocenters. The lowest BCUT2D eigenvalue weighted by molar-refractivity contribution is 0.240. The molecule has 0 spiro atoms. The van der Waals surface area contributed by atoms with Crippen LogP contribution in [0.15, 0.2) is 90.2 Å². The van der Waals surface area contributed by atoms with Gasteiger partial charge in [0.1, 0.15) is 6.07 Å². The van der Waals surface area contributed by atoms with Gasteiger partial charge in [-0.1, -0.05) is 42.5 Å². The van der Waals surface area contributed by atoms with Gasteiger partial charge in [-0.25, -0.2) is 14.8 Å². The van der Waals surface area contributed by atoms with Gasteiger partial charge in [0.05, 0.1) is 11.3 Å². The standard InChI is InChI=1S/C31H31N7O/c1-37-18-17-29(36-37)26-10-14-28(15-11-26)38(31(39)35-21-23-5-3-2-4-6-23)27-12-7-24(8-13-27)20-33-30-16-9-25(19-32)22-34-30/h2-6,9-11,14-18,20,22,24,27H,7-8,12-13,21H2,1H3,(H,35,39). The minimum Gasteiger partial charge on any atom is -0.334 e. The summed E-state index contributed by atoms with van der Waals surface area (Å²) in [5, 5.41) is 16.6. The number of hydrogen-bond acceptors (Lipinski definition) is 5. The Kier molecular flexibility index (Phi) is 8.08. The number of rotatable bonds is 7. The maximum Gasteiger partial charge on any atom is 0.322 e. The number of carbonyl (C=O) groups excluding carboxylic acids is 1. The summed E-state index contributed by atoms with van der Waals surface area (Å²) in [6, 6.07) is 25.6. The van der Waals surface area contributed by atoms with Crippen molar-refractivity contribution in [1.29, 1.82) is 5.26 Å². The summed E-state index contributed by atoms with van der Waals surface area (Å²) in [7, 11) is 1.90. The summed E-state index contributed by atoms with van der Waals surface area (Å²) in [5.74, 6) is 0.922. The van der Waals surface area contributed by atoms with E-state index in [0.717, 1.165) is 48.2 Å². The van der Waals surface area contributed by atoms with E-state index in [4.69, 9.17) is 5.26 Å². The zero-order valence-electron chi connectivity index (χ0n) is 21.9. The molecule has 0 radical (unpaired) electrons. The molecular formula is C31H31N7O. The Morgan fingerprint density at radius 1 is 1.08 bits per heavy atom. The van der Waals surface area contributed by atoms with Crippen molar-refractivity contribution in [2.45, 2.75) is 38.3 Å². The number of aryl methyl sites for hydroxylation is 1. The molecule has 0 bridgehead atoms. The average molecular weight is 518 g/mol. The lowest BCUT2D eigenvalue weighted by Crippen LogP contribution is -2.47. The first-order valence-corrected chi connectivity index (χ1v) is 13.2. The maximum atomic E-state index is 13.6. The van der Waals surface area contributed by atoms with Crippen LogP contribution in [0.3, 0.4) is 0 Å². The molecule has 1 aliphatic carbocycles. The van der Waals surface area contributed by atoms with Crippen molar-refractivity contribution in [3.05, 3.63) is 96.3 Å². The third kappa shape index (κ3) is 6.57. The highest BCUT2D eigenvalue weighted by atomic mass is 16.2. The van der Waals surface area contributed by atoms with Gasteiger partial charge in [0.2, 0.25) is 0 Å². The molecule has 2 aromatic carbocycles. The first kappa shape index (κ1) is 25.9. The van der Waals surface area contributed by atoms with Gasteiger partial charge in [-0.2, -0.15) is 10.4 Å². The summed E-state index contributed by atoms with van der Waals surface area (Å²) in [6.45, 7) is 0.474. The SMILES string of the molecule is Cn1ccc(-c2ccc(N(C(=O)NCc3ccccc3)C3CCC(C=Nc4ccc(C#N)cn4)CC3)cc2)n1. The normalized spacial score (nSPS) is 17.0. The molecule has 8 nitrogen and oxygen atoms in total. The van der Waals surface area contributed by atoms with Crippen LogP contribution in [0.1, 0.15) is 36.8 Å². The highest BCUT2D eigenvalue weighted by molar-refractivity contribution is 5.93. The van der Waals surface area contributed by atoms with E-state index in [-0.39, 0.29) is 12.1 Å². The fraction of sp³-hybridized carbons (Fsp3) is 0.258. The Hall–Kier alpha value is -4.77. The number of urea groups is 1. The molecule has 39 heavy (non-hydrogen) atoms. The van der Waals surface area contributed by atoms with E-state index in [1.165, 1.54) is 6.20 Å². The summed E-state index contributed by atoms with van der Waals surface area (Å²) in [5.41, 5.74) is 4.38. The third-order valence-corrected chi connectivity index (χ3v) is 7.06. The first-order valence-electron chi connectivity index (χ1n) is 13.2. The second-order valence-electron chi connectivity index (χ2n) is 9.80. The van der Waals surface area contributed by atoms with Crippen molar-refractivity contribution >= 4 is 23.8 Å². The van der Waals surface area contributed by atoms with Crippen LogP contribution in [0.25, 0.3) is 11.3 Å². The highest BCUT2D eigenvalue weighted by Crippen LogP contribution is 2.31. The van der Waals surface area contributed by atoms with Gasteiger partial charge < -0.3 is 5.32 Å². The Labute approximate surface area is 228 Å². The Balaban J connectivity index is 1.29. The van der Waals surface area contributed by atoms with Crippen LogP contribution in [0.2, 0.25) is 0 Å². The topological polar surface area (TPSA) is 99.2 Å². The predicted molar refractivity (Wildman–Crippen MR) is 153 cm³/mol. The average Bonchev–Trinajstić information content (AvgIpc) is 3.43. The zero-order chi connectivity index (χ0) is 27.0. The highest BCUT2D eigenvalue weighted by Gasteiger charge is 2.29. The van der Waals surface area contributed by atoms with E-state index in [2.05, 4.69) is 26.5 Å². The number of benzene rings is 2. The number of nitrogens with one attached hydrogen (secondary N) is 1. The largest absolute Gasteiger partial charge is 0.334 e. The molecule has 5 rings (SSSR count). The Morgan fingerprint density at radius 3 is 2.49 bits per heavy atom. The van der Waals surface area contributed by atoms with Gasteiger partial charge in [0.25, 0.3) is 0 Å². The number of carbonyl (C=O) groups is 1. The fourth-order valence-corrected chi connectivity index (χ4v) is 4.93. The molecule has 2 aromatic heterocycles. The number of nitrogens with zero attached hydrogens (tertiary/aromatic N) is 6. The lowest BCUT2D eigenvalue weighted by atomic mass is 9.86. The minimum atomic E-state index is -0.0941. The fourth-order valence-electron chi connectivity index (χ4n) is 4.93. The third-order valence-electron chi connectivity index (χ3n) is 7.06. The molecule has 1 N–H and O–H groups in total. The molecule has 2 heterocycles. The lowest BCUT2D eigenvalue weighted by Gasteiger charge is -2.36. The molecule has 1 fully saturated rings. The van der Waals surface area contributed by atoms with Gasteiger partial charge in [0, 0.05) is 49.5 Å². The van der Waals surface area contributed by atoms with Crippen molar-refractivity contribution in [3.8, 4) is 17.3 Å². The number of nitriles is 1. The monoisotopic (exact) mass is 517 g/mol. The number of hydrogen-bond donors (Lipinski definition) is 1. The first-order chi connectivity index (χ1) is 19.1. The van der Waals surface area contributed by atoms with E-state index in [1.54, 1.807) is 16.8 Å². The molecular weight excluding hydrogens is 486 g/mol. The molecule has 0 aliphatic heterocycles. The molecule has 1 saturated carbocycles. The van der Waals surface area contributed by atoms with Gasteiger partial charge >= 0.3 is 6.03 Å². The second-order valence-corrected chi connectivity index (χ2v) is 9.80. The molecule has 0 atom stereocenters. The van der Waals surface area contributed by atoms with Crippen LogP contribution in [0, 0.1) is 17.2 Å². The van der Waals surface area contributed by atoms with Crippen LogP contribution in [0.5, 0.6) is 0 Å². The van der Waals surface area contributed by atoms with E-state index in [9.17, 15) is 4.79 Å². The van der Waals surface area contributed by atoms with Crippen LogP contribution < -0.4 is 10.2 Å². The van der Waals surface area contributed by atoms with Crippen molar-refractivity contribution in [2.24, 2.45) is 18.0 Å². The maximum absolute atomic E-state index is 13.6. The summed E-state index contributed by atoms with van der Waals surface area (Å²) in [4.78, 5) is 24.2. The number of amides is 2. The van der Waals surface area contributed by atoms with Gasteiger partial charge in [-0.15, -0.1) is 0 Å². The quantitative estimate of drug-likeness (QED) is 0.303. The number of anilines is 1. The van der Waals surface area contributed by atoms with Crippen molar-refractivity contribution in [2.75, 3.05) is 4.90 Å². The number of pyridine rings is 1. The number of aromatic nitrogens is 3. The summed E-state index contributed by atoms with van der Waals surface area (Å²) in [6.07, 6.45) is 9.03. The smallest absolute Gasteiger partial charge is 0.322 e. The Bertz CT molecular complexity index is 1450. The summed E-state index contributed by atoms with van der Waals surface area (Å²) < 4.78 is 1.78. The van der Waals surface area contributed by atoms with Gasteiger partial charge in [0.15, 0.2) is 5.82 Å². The Morgan fingerprint density at radius 2 is 1.85 bits per heavy atom. The van der Waals surface area contributed by atoms with Gasteiger partial charge in [-0.05, 0) is 67.5 Å². The van der Waals surface area contributed by atoms with Crippen molar-refractivity contribution in [3.63, 3.8) is 0 Å². The van der Waals surface area contributed by atoms with E-state index in [0.29, 0.717) is 23.8 Å². The van der Waals surface area contributed by atoms with Crippen LogP contribution in [-0.4, -0.2) is 33.1 Å².